The SMILES string of the molecule is Cc1ccc(CN2CCN(C(=O)c3cccnc3NCCC(C)C)[C@H](C)C2)cc1. The lowest BCUT2D eigenvalue weighted by Crippen LogP contribution is -2.53. The van der Waals surface area contributed by atoms with Gasteiger partial charge < -0.3 is 10.2 Å². The molecule has 1 N–H and O–H groups in total. The number of hydrogen-bond acceptors (Lipinski definition) is 4. The van der Waals surface area contributed by atoms with E-state index in [1.807, 2.05) is 17.0 Å². The summed E-state index contributed by atoms with van der Waals surface area (Å²) in [6.07, 6.45) is 2.80. The summed E-state index contributed by atoms with van der Waals surface area (Å²) >= 11 is 0. The van der Waals surface area contributed by atoms with Crippen molar-refractivity contribution < 1.29 is 4.79 Å². The van der Waals surface area contributed by atoms with Gasteiger partial charge in [0.2, 0.25) is 0 Å². The Kier molecular flexibility index (Phi) is 7.26. The van der Waals surface area contributed by atoms with E-state index < -0.39 is 0 Å². The fraction of sp³-hybridized carbons (Fsp3) is 0.500. The Balaban J connectivity index is 1.61. The first-order chi connectivity index (χ1) is 13.9. The van der Waals surface area contributed by atoms with Crippen LogP contribution in [0.4, 0.5) is 5.82 Å². The molecule has 1 saturated heterocycles. The minimum Gasteiger partial charge on any atom is -0.369 e. The number of aryl methyl sites for hydroxylation is 1. The van der Waals surface area contributed by atoms with Crippen LogP contribution in [0.15, 0.2) is 42.6 Å². The molecule has 0 bridgehead atoms. The van der Waals surface area contributed by atoms with Crippen molar-refractivity contribution in [2.45, 2.75) is 46.7 Å². The molecule has 156 valence electrons. The summed E-state index contributed by atoms with van der Waals surface area (Å²) in [6.45, 7) is 12.9. The highest BCUT2D eigenvalue weighted by atomic mass is 16.2. The number of carbonyl (C=O) groups is 1. The number of carbonyl (C=O) groups excluding carboxylic acids is 1. The molecule has 2 aromatic rings. The number of nitrogens with zero attached hydrogens (tertiary/aromatic N) is 3. The average Bonchev–Trinajstić information content (AvgIpc) is 2.69. The molecular formula is C24H34N4O. The highest BCUT2D eigenvalue weighted by Crippen LogP contribution is 2.20. The third-order valence-corrected chi connectivity index (χ3v) is 5.55. The molecule has 1 aliphatic rings. The molecule has 0 unspecified atom stereocenters. The first-order valence-corrected chi connectivity index (χ1v) is 10.7. The molecule has 1 amide bonds. The van der Waals surface area contributed by atoms with Crippen LogP contribution in [0.2, 0.25) is 0 Å². The summed E-state index contributed by atoms with van der Waals surface area (Å²) in [5.41, 5.74) is 3.29. The van der Waals surface area contributed by atoms with Gasteiger partial charge in [-0.2, -0.15) is 0 Å². The zero-order valence-electron chi connectivity index (χ0n) is 18.2. The van der Waals surface area contributed by atoms with Gasteiger partial charge in [0.1, 0.15) is 5.82 Å². The summed E-state index contributed by atoms with van der Waals surface area (Å²) in [4.78, 5) is 22.1. The van der Waals surface area contributed by atoms with E-state index in [1.165, 1.54) is 11.1 Å². The molecule has 0 saturated carbocycles. The van der Waals surface area contributed by atoms with E-state index in [9.17, 15) is 4.79 Å². The van der Waals surface area contributed by atoms with Gasteiger partial charge >= 0.3 is 0 Å². The van der Waals surface area contributed by atoms with E-state index in [1.54, 1.807) is 6.20 Å². The third kappa shape index (κ3) is 5.80. The highest BCUT2D eigenvalue weighted by Gasteiger charge is 2.29. The maximum atomic E-state index is 13.3. The Labute approximate surface area is 175 Å². The largest absolute Gasteiger partial charge is 0.369 e. The van der Waals surface area contributed by atoms with Crippen molar-refractivity contribution in [3.8, 4) is 0 Å². The molecule has 1 atom stereocenters. The Morgan fingerprint density at radius 1 is 1.21 bits per heavy atom. The zero-order valence-corrected chi connectivity index (χ0v) is 18.2. The standard InChI is InChI=1S/C24H34N4O/c1-18(2)11-13-26-23-22(6-5-12-25-23)24(29)28-15-14-27(16-20(28)4)17-21-9-7-19(3)8-10-21/h5-10,12,18,20H,11,13-17H2,1-4H3,(H,25,26)/t20-/m1/s1. The smallest absolute Gasteiger partial charge is 0.257 e. The lowest BCUT2D eigenvalue weighted by molar-refractivity contribution is 0.0476. The van der Waals surface area contributed by atoms with Gasteiger partial charge in [0.15, 0.2) is 0 Å². The minimum absolute atomic E-state index is 0.0765. The molecule has 2 heterocycles. The predicted octanol–water partition coefficient (Wildman–Crippen LogP) is 4.19. The van der Waals surface area contributed by atoms with E-state index >= 15 is 0 Å². The van der Waals surface area contributed by atoms with E-state index in [2.05, 4.69) is 67.2 Å². The van der Waals surface area contributed by atoms with E-state index in [4.69, 9.17) is 0 Å². The summed E-state index contributed by atoms with van der Waals surface area (Å²) in [6, 6.07) is 12.6. The molecular weight excluding hydrogens is 360 g/mol. The second-order valence-electron chi connectivity index (χ2n) is 8.58. The van der Waals surface area contributed by atoms with Crippen LogP contribution in [0.5, 0.6) is 0 Å². The average molecular weight is 395 g/mol. The molecule has 3 rings (SSSR count). The van der Waals surface area contributed by atoms with Crippen molar-refractivity contribution in [3.05, 3.63) is 59.3 Å². The van der Waals surface area contributed by atoms with Crippen LogP contribution in [0.3, 0.4) is 0 Å². The van der Waals surface area contributed by atoms with Gasteiger partial charge in [-0.3, -0.25) is 9.69 Å². The van der Waals surface area contributed by atoms with Crippen molar-refractivity contribution in [1.82, 2.24) is 14.8 Å². The fourth-order valence-electron chi connectivity index (χ4n) is 3.78. The summed E-state index contributed by atoms with van der Waals surface area (Å²) in [5.74, 6) is 1.40. The number of anilines is 1. The lowest BCUT2D eigenvalue weighted by atomic mass is 10.1. The number of amides is 1. The first-order valence-electron chi connectivity index (χ1n) is 10.7. The number of nitrogens with one attached hydrogen (secondary N) is 1. The van der Waals surface area contributed by atoms with Crippen molar-refractivity contribution in [2.24, 2.45) is 5.92 Å². The van der Waals surface area contributed by atoms with E-state index in [0.717, 1.165) is 39.1 Å². The quantitative estimate of drug-likeness (QED) is 0.765. The predicted molar refractivity (Wildman–Crippen MR) is 119 cm³/mol. The van der Waals surface area contributed by atoms with Crippen LogP contribution >= 0.6 is 0 Å². The first kappa shape index (κ1) is 21.3. The van der Waals surface area contributed by atoms with Gasteiger partial charge in [-0.15, -0.1) is 0 Å². The van der Waals surface area contributed by atoms with Crippen LogP contribution in [-0.4, -0.2) is 52.9 Å². The maximum absolute atomic E-state index is 13.3. The second kappa shape index (κ2) is 9.88. The van der Waals surface area contributed by atoms with Gasteiger partial charge in [-0.25, -0.2) is 4.98 Å². The van der Waals surface area contributed by atoms with Crippen LogP contribution < -0.4 is 5.32 Å². The molecule has 0 aliphatic carbocycles. The van der Waals surface area contributed by atoms with Gasteiger partial charge in [-0.05, 0) is 43.9 Å². The number of rotatable bonds is 7. The molecule has 1 aliphatic heterocycles. The Morgan fingerprint density at radius 3 is 2.66 bits per heavy atom. The highest BCUT2D eigenvalue weighted by molar-refractivity contribution is 5.99. The summed E-state index contributed by atoms with van der Waals surface area (Å²) in [5, 5.41) is 3.36. The molecule has 29 heavy (non-hydrogen) atoms. The Morgan fingerprint density at radius 2 is 1.97 bits per heavy atom. The topological polar surface area (TPSA) is 48.5 Å². The number of hydrogen-bond donors (Lipinski definition) is 1. The number of benzene rings is 1. The molecule has 1 aromatic heterocycles. The van der Waals surface area contributed by atoms with Crippen LogP contribution in [0.1, 0.15) is 48.7 Å². The Hall–Kier alpha value is -2.40. The van der Waals surface area contributed by atoms with Gasteiger partial charge in [0.25, 0.3) is 5.91 Å². The van der Waals surface area contributed by atoms with Gasteiger partial charge in [0.05, 0.1) is 5.56 Å². The van der Waals surface area contributed by atoms with Crippen LogP contribution in [-0.2, 0) is 6.54 Å². The zero-order chi connectivity index (χ0) is 20.8. The van der Waals surface area contributed by atoms with Crippen LogP contribution in [0, 0.1) is 12.8 Å². The van der Waals surface area contributed by atoms with Crippen LogP contribution in [0.25, 0.3) is 0 Å². The normalized spacial score (nSPS) is 17.6. The molecule has 1 aromatic carbocycles. The number of aromatic nitrogens is 1. The molecule has 0 spiro atoms. The van der Waals surface area contributed by atoms with Crippen molar-refractivity contribution >= 4 is 11.7 Å². The fourth-order valence-corrected chi connectivity index (χ4v) is 3.78. The minimum atomic E-state index is 0.0765. The van der Waals surface area contributed by atoms with E-state index in [0.29, 0.717) is 17.3 Å². The Bertz CT molecular complexity index is 803. The van der Waals surface area contributed by atoms with E-state index in [-0.39, 0.29) is 11.9 Å². The van der Waals surface area contributed by atoms with Crippen molar-refractivity contribution in [2.75, 3.05) is 31.5 Å². The number of piperazine rings is 1. The van der Waals surface area contributed by atoms with Crippen molar-refractivity contribution in [3.63, 3.8) is 0 Å². The molecule has 1 fully saturated rings. The monoisotopic (exact) mass is 394 g/mol. The van der Waals surface area contributed by atoms with Gasteiger partial charge in [0, 0.05) is 45.0 Å². The van der Waals surface area contributed by atoms with Crippen molar-refractivity contribution in [1.29, 1.82) is 0 Å². The van der Waals surface area contributed by atoms with Gasteiger partial charge in [-0.1, -0.05) is 43.7 Å². The number of pyridine rings is 1. The molecule has 0 radical (unpaired) electrons. The second-order valence-corrected chi connectivity index (χ2v) is 8.58. The summed E-state index contributed by atoms with van der Waals surface area (Å²) < 4.78 is 0. The lowest BCUT2D eigenvalue weighted by Gasteiger charge is -2.40. The maximum Gasteiger partial charge on any atom is 0.257 e. The molecule has 5 heteroatoms. The summed E-state index contributed by atoms with van der Waals surface area (Å²) in [7, 11) is 0. The molecule has 5 nitrogen and oxygen atoms in total. The third-order valence-electron chi connectivity index (χ3n) is 5.55.